The largest absolute Gasteiger partial charge is 0.494 e. The molecule has 3 aromatic rings. The normalized spacial score (nSPS) is 15.0. The molecule has 1 unspecified atom stereocenters. The van der Waals surface area contributed by atoms with E-state index in [1.165, 1.54) is 0 Å². The molecule has 0 fully saturated rings. The van der Waals surface area contributed by atoms with Crippen molar-refractivity contribution in [2.24, 2.45) is 0 Å². The average Bonchev–Trinajstić information content (AvgIpc) is 3.22. The molecule has 34 heavy (non-hydrogen) atoms. The van der Waals surface area contributed by atoms with E-state index in [9.17, 15) is 4.79 Å². The fraction of sp³-hybridized carbons (Fsp3) is 0.346. The van der Waals surface area contributed by atoms with Crippen LogP contribution >= 0.6 is 11.8 Å². The topological polar surface area (TPSA) is 81.1 Å². The minimum atomic E-state index is -0.435. The monoisotopic (exact) mass is 477 g/mol. The van der Waals surface area contributed by atoms with Gasteiger partial charge in [-0.2, -0.15) is 4.98 Å². The average molecular weight is 478 g/mol. The number of allylic oxidation sites excluding steroid dienone is 1. The molecule has 0 aliphatic carbocycles. The summed E-state index contributed by atoms with van der Waals surface area (Å²) >= 11 is 1.61. The molecule has 1 aliphatic rings. The summed E-state index contributed by atoms with van der Waals surface area (Å²) in [7, 11) is 0. The number of fused-ring (bicyclic) bond motifs is 1. The number of ether oxygens (including phenoxy) is 1. The molecule has 4 rings (SSSR count). The van der Waals surface area contributed by atoms with Crippen molar-refractivity contribution in [2.45, 2.75) is 51.7 Å². The first-order valence-corrected chi connectivity index (χ1v) is 12.7. The molecule has 2 heterocycles. The zero-order valence-corrected chi connectivity index (χ0v) is 20.9. The van der Waals surface area contributed by atoms with Crippen molar-refractivity contribution in [3.63, 3.8) is 0 Å². The Morgan fingerprint density at radius 2 is 1.97 bits per heavy atom. The summed E-state index contributed by atoms with van der Waals surface area (Å²) in [6.07, 6.45) is 1.95. The lowest BCUT2D eigenvalue weighted by Crippen LogP contribution is -2.31. The van der Waals surface area contributed by atoms with E-state index >= 15 is 0 Å². The Morgan fingerprint density at radius 1 is 1.15 bits per heavy atom. The summed E-state index contributed by atoms with van der Waals surface area (Å²) in [6.45, 7) is 8.76. The molecule has 0 radical (unpaired) electrons. The number of hydrogen-bond acceptors (Lipinski definition) is 6. The predicted octanol–water partition coefficient (Wildman–Crippen LogP) is 5.81. The van der Waals surface area contributed by atoms with E-state index in [1.807, 2.05) is 67.1 Å². The quantitative estimate of drug-likeness (QED) is 0.379. The smallest absolute Gasteiger partial charge is 0.255 e. The van der Waals surface area contributed by atoms with Crippen LogP contribution in [0.25, 0.3) is 0 Å². The first-order chi connectivity index (χ1) is 16.5. The molecule has 0 saturated carbocycles. The first-order valence-electron chi connectivity index (χ1n) is 11.7. The van der Waals surface area contributed by atoms with Crippen molar-refractivity contribution in [1.82, 2.24) is 14.8 Å². The molecule has 1 amide bonds. The third-order valence-corrected chi connectivity index (χ3v) is 6.48. The van der Waals surface area contributed by atoms with Gasteiger partial charge in [0.1, 0.15) is 11.8 Å². The molecular weight excluding hydrogens is 446 g/mol. The van der Waals surface area contributed by atoms with Crippen LogP contribution in [0.4, 0.5) is 11.6 Å². The third kappa shape index (κ3) is 5.28. The van der Waals surface area contributed by atoms with Gasteiger partial charge in [-0.15, -0.1) is 5.10 Å². The van der Waals surface area contributed by atoms with Gasteiger partial charge in [-0.1, -0.05) is 49.9 Å². The Balaban J connectivity index is 1.75. The summed E-state index contributed by atoms with van der Waals surface area (Å²) in [5.41, 5.74) is 4.11. The number of anilines is 2. The molecule has 7 nitrogen and oxygen atoms in total. The predicted molar refractivity (Wildman–Crippen MR) is 138 cm³/mol. The number of rotatable bonds is 9. The molecule has 2 N–H and O–H groups in total. The van der Waals surface area contributed by atoms with Gasteiger partial charge in [0.15, 0.2) is 0 Å². The first kappa shape index (κ1) is 23.9. The van der Waals surface area contributed by atoms with Crippen LogP contribution < -0.4 is 15.4 Å². The number of aromatic nitrogens is 3. The Morgan fingerprint density at radius 3 is 2.74 bits per heavy atom. The number of benzene rings is 2. The van der Waals surface area contributed by atoms with E-state index in [-0.39, 0.29) is 5.91 Å². The van der Waals surface area contributed by atoms with E-state index < -0.39 is 6.04 Å². The van der Waals surface area contributed by atoms with E-state index in [0.29, 0.717) is 23.3 Å². The molecule has 0 saturated heterocycles. The van der Waals surface area contributed by atoms with Crippen LogP contribution in [-0.2, 0) is 4.79 Å². The van der Waals surface area contributed by atoms with Crippen LogP contribution in [0.2, 0.25) is 0 Å². The van der Waals surface area contributed by atoms with Crippen LogP contribution in [0.15, 0.2) is 65.0 Å². The molecule has 1 aromatic heterocycles. The lowest BCUT2D eigenvalue weighted by molar-refractivity contribution is -0.113. The highest BCUT2D eigenvalue weighted by Gasteiger charge is 2.34. The maximum atomic E-state index is 13.6. The van der Waals surface area contributed by atoms with Gasteiger partial charge in [0.2, 0.25) is 11.1 Å². The summed E-state index contributed by atoms with van der Waals surface area (Å²) in [6, 6.07) is 15.2. The standard InChI is InChI=1S/C26H31N5O2S/c1-5-13-33-21-12-8-10-19(16-21)23-22(24(32)28-20-11-7-9-17(3)15-20)18(4)27-25-29-26(30-31(23)25)34-14-6-2/h7-12,15-16,23H,5-6,13-14H2,1-4H3,(H,28,32)(H,27,29,30). The van der Waals surface area contributed by atoms with Gasteiger partial charge in [0.25, 0.3) is 5.91 Å². The fourth-order valence-electron chi connectivity index (χ4n) is 3.90. The number of aryl methyl sites for hydroxylation is 1. The minimum absolute atomic E-state index is 0.176. The SMILES string of the molecule is CCCOc1cccc(C2C(C(=O)Nc3cccc(C)c3)=C(C)Nc3nc(SCCC)nn32)c1. The van der Waals surface area contributed by atoms with Crippen LogP contribution in [0, 0.1) is 6.92 Å². The second kappa shape index (κ2) is 10.8. The number of carbonyl (C=O) groups excluding carboxylic acids is 1. The van der Waals surface area contributed by atoms with Crippen molar-refractivity contribution in [2.75, 3.05) is 23.0 Å². The van der Waals surface area contributed by atoms with E-state index in [4.69, 9.17) is 9.84 Å². The molecule has 1 aliphatic heterocycles. The van der Waals surface area contributed by atoms with Crippen LogP contribution in [-0.4, -0.2) is 33.0 Å². The summed E-state index contributed by atoms with van der Waals surface area (Å²) in [4.78, 5) is 18.3. The van der Waals surface area contributed by atoms with Crippen molar-refractivity contribution in [1.29, 1.82) is 0 Å². The Labute approximate surface area is 205 Å². The maximum absolute atomic E-state index is 13.6. The molecule has 0 spiro atoms. The minimum Gasteiger partial charge on any atom is -0.494 e. The Hall–Kier alpha value is -3.26. The van der Waals surface area contributed by atoms with E-state index in [0.717, 1.165) is 46.9 Å². The van der Waals surface area contributed by atoms with Crippen LogP contribution in [0.1, 0.15) is 50.8 Å². The van der Waals surface area contributed by atoms with E-state index in [2.05, 4.69) is 29.5 Å². The number of amides is 1. The van der Waals surface area contributed by atoms with Gasteiger partial charge in [-0.05, 0) is 62.1 Å². The molecule has 8 heteroatoms. The molecule has 0 bridgehead atoms. The molecule has 2 aromatic carbocycles. The highest BCUT2D eigenvalue weighted by atomic mass is 32.2. The van der Waals surface area contributed by atoms with Gasteiger partial charge in [0.05, 0.1) is 12.2 Å². The number of carbonyl (C=O) groups is 1. The molecular formula is C26H31N5O2S. The zero-order chi connectivity index (χ0) is 24.1. The summed E-state index contributed by atoms with van der Waals surface area (Å²) < 4.78 is 7.70. The van der Waals surface area contributed by atoms with Gasteiger partial charge < -0.3 is 15.4 Å². The van der Waals surface area contributed by atoms with Gasteiger partial charge >= 0.3 is 0 Å². The number of nitrogens with one attached hydrogen (secondary N) is 2. The highest BCUT2D eigenvalue weighted by Crippen LogP contribution is 2.37. The Bertz CT molecular complexity index is 1200. The van der Waals surface area contributed by atoms with Crippen LogP contribution in [0.3, 0.4) is 0 Å². The second-order valence-corrected chi connectivity index (χ2v) is 9.38. The highest BCUT2D eigenvalue weighted by molar-refractivity contribution is 7.99. The van der Waals surface area contributed by atoms with Gasteiger partial charge in [-0.25, -0.2) is 4.68 Å². The van der Waals surface area contributed by atoms with Gasteiger partial charge in [0, 0.05) is 17.1 Å². The maximum Gasteiger partial charge on any atom is 0.255 e. The van der Waals surface area contributed by atoms with Crippen molar-refractivity contribution in [3.8, 4) is 5.75 Å². The second-order valence-electron chi connectivity index (χ2n) is 8.32. The van der Waals surface area contributed by atoms with Crippen molar-refractivity contribution >= 4 is 29.3 Å². The molecule has 178 valence electrons. The van der Waals surface area contributed by atoms with Crippen molar-refractivity contribution < 1.29 is 9.53 Å². The van der Waals surface area contributed by atoms with Gasteiger partial charge in [-0.3, -0.25) is 4.79 Å². The lowest BCUT2D eigenvalue weighted by atomic mass is 9.94. The number of thioether (sulfide) groups is 1. The molecule has 1 atom stereocenters. The third-order valence-electron chi connectivity index (χ3n) is 5.44. The zero-order valence-electron chi connectivity index (χ0n) is 20.1. The number of nitrogens with zero attached hydrogens (tertiary/aromatic N) is 3. The fourth-order valence-corrected chi connectivity index (χ4v) is 4.59. The lowest BCUT2D eigenvalue weighted by Gasteiger charge is -2.29. The summed E-state index contributed by atoms with van der Waals surface area (Å²) in [5.74, 6) is 2.16. The van der Waals surface area contributed by atoms with E-state index in [1.54, 1.807) is 11.8 Å². The summed E-state index contributed by atoms with van der Waals surface area (Å²) in [5, 5.41) is 11.8. The van der Waals surface area contributed by atoms with Crippen molar-refractivity contribution in [3.05, 3.63) is 70.9 Å². The Kier molecular flexibility index (Phi) is 7.57. The number of hydrogen-bond donors (Lipinski definition) is 2. The van der Waals surface area contributed by atoms with Crippen LogP contribution in [0.5, 0.6) is 5.75 Å².